The summed E-state index contributed by atoms with van der Waals surface area (Å²) in [6.45, 7) is 6.16. The molecule has 2 fully saturated rings. The molecule has 0 aromatic rings. The van der Waals surface area contributed by atoms with Gasteiger partial charge in [-0.3, -0.25) is 0 Å². The zero-order valence-electron chi connectivity index (χ0n) is 14.3. The highest BCUT2D eigenvalue weighted by Gasteiger charge is 2.44. The molecule has 0 aromatic heterocycles. The molecule has 1 saturated carbocycles. The van der Waals surface area contributed by atoms with E-state index in [1.165, 1.54) is 38.5 Å². The van der Waals surface area contributed by atoms with Gasteiger partial charge in [-0.05, 0) is 62.7 Å². The molecular weight excluding hydrogens is 276 g/mol. The largest absolute Gasteiger partial charge is 0.393 e. The fraction of sp³-hybridized carbons (Fsp3) is 0.895. The van der Waals surface area contributed by atoms with Crippen molar-refractivity contribution >= 4 is 0 Å². The van der Waals surface area contributed by atoms with Crippen LogP contribution in [0.1, 0.15) is 71.6 Å². The van der Waals surface area contributed by atoms with Crippen molar-refractivity contribution in [3.05, 3.63) is 11.1 Å². The number of unbranched alkanes of at least 4 members (excludes halogenated alkanes) is 1. The molecule has 2 aliphatic carbocycles. The summed E-state index contributed by atoms with van der Waals surface area (Å²) in [5.74, 6) is 0.688. The van der Waals surface area contributed by atoms with Crippen molar-refractivity contribution < 1.29 is 14.6 Å². The second-order valence-corrected chi connectivity index (χ2v) is 7.71. The van der Waals surface area contributed by atoms with Crippen molar-refractivity contribution in [2.45, 2.75) is 84.0 Å². The second kappa shape index (κ2) is 7.02. The van der Waals surface area contributed by atoms with Crippen LogP contribution in [-0.4, -0.2) is 30.7 Å². The maximum absolute atomic E-state index is 10.2. The molecule has 22 heavy (non-hydrogen) atoms. The molecule has 126 valence electrons. The number of hydrogen-bond acceptors (Lipinski definition) is 3. The highest BCUT2D eigenvalue weighted by Crippen LogP contribution is 2.54. The Bertz CT molecular complexity index is 411. The summed E-state index contributed by atoms with van der Waals surface area (Å²) < 4.78 is 11.2. The first-order valence-electron chi connectivity index (χ1n) is 9.26. The minimum atomic E-state index is -0.114. The lowest BCUT2D eigenvalue weighted by atomic mass is 9.67. The molecule has 0 amide bonds. The van der Waals surface area contributed by atoms with E-state index in [4.69, 9.17) is 9.47 Å². The van der Waals surface area contributed by atoms with Gasteiger partial charge in [-0.2, -0.15) is 0 Å². The van der Waals surface area contributed by atoms with Crippen LogP contribution in [0.15, 0.2) is 11.1 Å². The number of aliphatic hydroxyl groups excluding tert-OH is 1. The van der Waals surface area contributed by atoms with E-state index in [1.54, 1.807) is 11.1 Å². The van der Waals surface area contributed by atoms with E-state index in [-0.39, 0.29) is 17.8 Å². The van der Waals surface area contributed by atoms with Gasteiger partial charge in [0.25, 0.3) is 0 Å². The standard InChI is InChI=1S/C19H32O3/c1-3-4-5-16-14(6-7-18-21-10-11-22-18)8-9-19(2)13-15(20)12-17(16)19/h14-15,18,20H,3-13H2,1-2H3/t14-,15?,19+/m0/s1. The summed E-state index contributed by atoms with van der Waals surface area (Å²) in [5, 5.41) is 10.2. The first-order chi connectivity index (χ1) is 10.6. The van der Waals surface area contributed by atoms with E-state index < -0.39 is 0 Å². The molecule has 1 N–H and O–H groups in total. The van der Waals surface area contributed by atoms with Crippen LogP contribution in [0.3, 0.4) is 0 Å². The minimum Gasteiger partial charge on any atom is -0.393 e. The highest BCUT2D eigenvalue weighted by molar-refractivity contribution is 5.31. The molecule has 1 unspecified atom stereocenters. The first kappa shape index (κ1) is 16.5. The third-order valence-corrected chi connectivity index (χ3v) is 6.02. The van der Waals surface area contributed by atoms with Crippen molar-refractivity contribution in [2.75, 3.05) is 13.2 Å². The summed E-state index contributed by atoms with van der Waals surface area (Å²) in [5.41, 5.74) is 3.57. The van der Waals surface area contributed by atoms with Crippen molar-refractivity contribution in [3.63, 3.8) is 0 Å². The Morgan fingerprint density at radius 3 is 2.73 bits per heavy atom. The molecule has 1 aliphatic heterocycles. The highest BCUT2D eigenvalue weighted by atomic mass is 16.7. The van der Waals surface area contributed by atoms with Crippen molar-refractivity contribution in [1.82, 2.24) is 0 Å². The summed E-state index contributed by atoms with van der Waals surface area (Å²) in [7, 11) is 0. The van der Waals surface area contributed by atoms with E-state index in [0.717, 1.165) is 32.5 Å². The summed E-state index contributed by atoms with van der Waals surface area (Å²) in [6, 6.07) is 0. The Morgan fingerprint density at radius 1 is 1.23 bits per heavy atom. The van der Waals surface area contributed by atoms with Gasteiger partial charge in [-0.25, -0.2) is 0 Å². The predicted octanol–water partition coefficient (Wildman–Crippen LogP) is 4.20. The van der Waals surface area contributed by atoms with E-state index >= 15 is 0 Å². The number of rotatable bonds is 6. The molecule has 3 atom stereocenters. The van der Waals surface area contributed by atoms with Crippen LogP contribution in [0.5, 0.6) is 0 Å². The van der Waals surface area contributed by atoms with E-state index in [1.807, 2.05) is 0 Å². The Hall–Kier alpha value is -0.380. The molecule has 3 nitrogen and oxygen atoms in total. The number of ether oxygens (including phenoxy) is 2. The van der Waals surface area contributed by atoms with Crippen LogP contribution in [0.4, 0.5) is 0 Å². The fourth-order valence-electron chi connectivity index (χ4n) is 4.83. The van der Waals surface area contributed by atoms with Crippen LogP contribution in [0, 0.1) is 11.3 Å². The average Bonchev–Trinajstić information content (AvgIpc) is 3.09. The molecule has 1 saturated heterocycles. The van der Waals surface area contributed by atoms with E-state index in [2.05, 4.69) is 13.8 Å². The third-order valence-electron chi connectivity index (χ3n) is 6.02. The van der Waals surface area contributed by atoms with E-state index in [9.17, 15) is 5.11 Å². The van der Waals surface area contributed by atoms with E-state index in [0.29, 0.717) is 5.92 Å². The van der Waals surface area contributed by atoms with Crippen LogP contribution in [0.2, 0.25) is 0 Å². The third kappa shape index (κ3) is 3.42. The average molecular weight is 308 g/mol. The molecule has 3 heteroatoms. The molecule has 3 aliphatic rings. The van der Waals surface area contributed by atoms with Crippen LogP contribution in [-0.2, 0) is 9.47 Å². The van der Waals surface area contributed by atoms with Gasteiger partial charge in [0.15, 0.2) is 6.29 Å². The molecule has 1 heterocycles. The summed E-state index contributed by atoms with van der Waals surface area (Å²) >= 11 is 0. The van der Waals surface area contributed by atoms with Gasteiger partial charge >= 0.3 is 0 Å². The summed E-state index contributed by atoms with van der Waals surface area (Å²) in [4.78, 5) is 0. The van der Waals surface area contributed by atoms with Gasteiger partial charge in [-0.1, -0.05) is 31.4 Å². The molecule has 3 rings (SSSR count). The minimum absolute atomic E-state index is 0.0277. The lowest BCUT2D eigenvalue weighted by Gasteiger charge is -2.38. The number of fused-ring (bicyclic) bond motifs is 1. The maximum Gasteiger partial charge on any atom is 0.157 e. The SMILES string of the molecule is CCCCC1=C2CC(O)C[C@@]2(C)CC[C@@H]1CCC1OCCO1. The topological polar surface area (TPSA) is 38.7 Å². The lowest BCUT2D eigenvalue weighted by Crippen LogP contribution is -2.26. The fourth-order valence-corrected chi connectivity index (χ4v) is 4.83. The van der Waals surface area contributed by atoms with Gasteiger partial charge < -0.3 is 14.6 Å². The van der Waals surface area contributed by atoms with Gasteiger partial charge in [-0.15, -0.1) is 0 Å². The number of aliphatic hydroxyl groups is 1. The van der Waals surface area contributed by atoms with Gasteiger partial charge in [0.2, 0.25) is 0 Å². The van der Waals surface area contributed by atoms with Crippen molar-refractivity contribution in [2.24, 2.45) is 11.3 Å². The summed E-state index contributed by atoms with van der Waals surface area (Å²) in [6.07, 6.45) is 10.3. The number of allylic oxidation sites excluding steroid dienone is 1. The quantitative estimate of drug-likeness (QED) is 0.748. The van der Waals surface area contributed by atoms with Gasteiger partial charge in [0.05, 0.1) is 19.3 Å². The Balaban J connectivity index is 1.72. The van der Waals surface area contributed by atoms with Gasteiger partial charge in [0, 0.05) is 0 Å². The normalized spacial score (nSPS) is 36.1. The van der Waals surface area contributed by atoms with Gasteiger partial charge in [0.1, 0.15) is 0 Å². The Kier molecular flexibility index (Phi) is 5.26. The predicted molar refractivity (Wildman–Crippen MR) is 87.5 cm³/mol. The van der Waals surface area contributed by atoms with Crippen LogP contribution < -0.4 is 0 Å². The zero-order valence-corrected chi connectivity index (χ0v) is 14.3. The maximum atomic E-state index is 10.2. The van der Waals surface area contributed by atoms with Crippen molar-refractivity contribution in [1.29, 1.82) is 0 Å². The number of hydrogen-bond donors (Lipinski definition) is 1. The second-order valence-electron chi connectivity index (χ2n) is 7.71. The van der Waals surface area contributed by atoms with Crippen LogP contribution in [0.25, 0.3) is 0 Å². The lowest BCUT2D eigenvalue weighted by molar-refractivity contribution is -0.0500. The molecular formula is C19H32O3. The molecule has 0 aromatic carbocycles. The zero-order chi connectivity index (χ0) is 15.6. The van der Waals surface area contributed by atoms with Crippen molar-refractivity contribution in [3.8, 4) is 0 Å². The molecule has 0 radical (unpaired) electrons. The molecule has 0 bridgehead atoms. The monoisotopic (exact) mass is 308 g/mol. The first-order valence-corrected chi connectivity index (χ1v) is 9.26. The molecule has 0 spiro atoms. The smallest absolute Gasteiger partial charge is 0.157 e. The Morgan fingerprint density at radius 2 is 2.00 bits per heavy atom. The Labute approximate surface area is 135 Å². The van der Waals surface area contributed by atoms with Crippen LogP contribution >= 0.6 is 0 Å².